The Kier molecular flexibility index (Phi) is 8.31. The zero-order valence-electron chi connectivity index (χ0n) is 17.5. The largest absolute Gasteiger partial charge is 0.364 e. The first kappa shape index (κ1) is 22.8. The third-order valence-corrected chi connectivity index (χ3v) is 5.62. The number of nitrogens with zero attached hydrogens (tertiary/aromatic N) is 7. The van der Waals surface area contributed by atoms with E-state index in [0.29, 0.717) is 6.54 Å². The lowest BCUT2D eigenvalue weighted by Gasteiger charge is -2.36. The molecule has 1 N–H and O–H groups in total. The molecule has 11 heteroatoms. The SMILES string of the molecule is CN=C(NCCCn1nc2n(c1=O)CCCC2)N1CCN(Cc2ccon2)CC1.I. The molecule has 0 amide bonds. The first-order valence-corrected chi connectivity index (χ1v) is 10.5. The second-order valence-corrected chi connectivity index (χ2v) is 7.61. The predicted octanol–water partition coefficient (Wildman–Crippen LogP) is 0.770. The lowest BCUT2D eigenvalue weighted by molar-refractivity contribution is 0.169. The summed E-state index contributed by atoms with van der Waals surface area (Å²) in [6.45, 7) is 6.79. The number of hydrogen-bond acceptors (Lipinski definition) is 6. The van der Waals surface area contributed by atoms with Crippen LogP contribution in [0.4, 0.5) is 0 Å². The van der Waals surface area contributed by atoms with Gasteiger partial charge < -0.3 is 14.7 Å². The van der Waals surface area contributed by atoms with E-state index >= 15 is 0 Å². The minimum Gasteiger partial charge on any atom is -0.364 e. The third-order valence-electron chi connectivity index (χ3n) is 5.62. The molecule has 1 fully saturated rings. The van der Waals surface area contributed by atoms with Crippen LogP contribution >= 0.6 is 24.0 Å². The molecule has 0 aromatic carbocycles. The van der Waals surface area contributed by atoms with Crippen LogP contribution < -0.4 is 11.0 Å². The number of nitrogens with one attached hydrogen (secondary N) is 1. The molecule has 1 saturated heterocycles. The van der Waals surface area contributed by atoms with E-state index in [0.717, 1.165) is 89.0 Å². The molecule has 0 saturated carbocycles. The van der Waals surface area contributed by atoms with E-state index < -0.39 is 0 Å². The quantitative estimate of drug-likeness (QED) is 0.255. The van der Waals surface area contributed by atoms with E-state index in [1.807, 2.05) is 17.7 Å². The molecule has 4 heterocycles. The van der Waals surface area contributed by atoms with Crippen molar-refractivity contribution in [3.63, 3.8) is 0 Å². The Labute approximate surface area is 193 Å². The molecule has 30 heavy (non-hydrogen) atoms. The summed E-state index contributed by atoms with van der Waals surface area (Å²) in [6, 6.07) is 1.91. The van der Waals surface area contributed by atoms with E-state index in [4.69, 9.17) is 4.52 Å². The number of aryl methyl sites for hydroxylation is 2. The van der Waals surface area contributed by atoms with E-state index in [1.165, 1.54) is 0 Å². The van der Waals surface area contributed by atoms with Crippen LogP contribution in [0.2, 0.25) is 0 Å². The summed E-state index contributed by atoms with van der Waals surface area (Å²) in [7, 11) is 1.82. The van der Waals surface area contributed by atoms with Gasteiger partial charge in [0.05, 0.1) is 5.69 Å². The maximum atomic E-state index is 12.4. The average molecular weight is 530 g/mol. The lowest BCUT2D eigenvalue weighted by Crippen LogP contribution is -2.52. The number of aliphatic imine (C=N–C) groups is 1. The van der Waals surface area contributed by atoms with Crippen molar-refractivity contribution in [3.8, 4) is 0 Å². The molecule has 2 aromatic heterocycles. The molecule has 0 unspecified atom stereocenters. The van der Waals surface area contributed by atoms with Crippen LogP contribution in [0.5, 0.6) is 0 Å². The van der Waals surface area contributed by atoms with Crippen molar-refractivity contribution in [2.24, 2.45) is 4.99 Å². The van der Waals surface area contributed by atoms with Gasteiger partial charge >= 0.3 is 5.69 Å². The van der Waals surface area contributed by atoms with Crippen molar-refractivity contribution in [3.05, 3.63) is 34.3 Å². The van der Waals surface area contributed by atoms with Crippen LogP contribution in [-0.2, 0) is 26.1 Å². The number of rotatable bonds is 6. The lowest BCUT2D eigenvalue weighted by atomic mass is 10.2. The smallest absolute Gasteiger partial charge is 0.345 e. The Hall–Kier alpha value is -1.89. The molecule has 0 radical (unpaired) electrons. The average Bonchev–Trinajstić information content (AvgIpc) is 3.37. The van der Waals surface area contributed by atoms with Gasteiger partial charge in [0.15, 0.2) is 5.96 Å². The Morgan fingerprint density at radius 1 is 1.23 bits per heavy atom. The monoisotopic (exact) mass is 530 g/mol. The highest BCUT2D eigenvalue weighted by molar-refractivity contribution is 14.0. The fraction of sp³-hybridized carbons (Fsp3) is 0.684. The molecule has 0 spiro atoms. The molecule has 0 atom stereocenters. The molecule has 2 aliphatic heterocycles. The van der Waals surface area contributed by atoms with E-state index in [1.54, 1.807) is 10.9 Å². The molecular formula is C19H31IN8O2. The van der Waals surface area contributed by atoms with Crippen molar-refractivity contribution < 1.29 is 4.52 Å². The maximum Gasteiger partial charge on any atom is 0.345 e. The molecular weight excluding hydrogens is 499 g/mol. The van der Waals surface area contributed by atoms with Crippen LogP contribution in [-0.4, -0.2) is 75.0 Å². The summed E-state index contributed by atoms with van der Waals surface area (Å²) < 4.78 is 8.35. The van der Waals surface area contributed by atoms with Crippen LogP contribution in [0, 0.1) is 0 Å². The highest BCUT2D eigenvalue weighted by Gasteiger charge is 2.20. The summed E-state index contributed by atoms with van der Waals surface area (Å²) in [4.78, 5) is 21.5. The standard InChI is InChI=1S/C19H30N8O2.HI/c1-20-18(25-12-10-24(11-13-25)15-16-6-14-29-23-16)21-7-4-9-27-19(28)26-8-3-2-5-17(26)22-27;/h6,14H,2-5,7-13,15H2,1H3,(H,20,21);1H. The fourth-order valence-electron chi connectivity index (χ4n) is 4.02. The second-order valence-electron chi connectivity index (χ2n) is 7.61. The zero-order valence-corrected chi connectivity index (χ0v) is 19.8. The van der Waals surface area contributed by atoms with E-state index in [2.05, 4.69) is 30.4 Å². The van der Waals surface area contributed by atoms with Gasteiger partial charge in [0.1, 0.15) is 12.1 Å². The Balaban J connectivity index is 0.00000256. The molecule has 2 aliphatic rings. The van der Waals surface area contributed by atoms with Gasteiger partial charge in [0.25, 0.3) is 0 Å². The normalized spacial score (nSPS) is 17.5. The number of aromatic nitrogens is 4. The first-order chi connectivity index (χ1) is 14.2. The summed E-state index contributed by atoms with van der Waals surface area (Å²) in [5.41, 5.74) is 1.00. The van der Waals surface area contributed by atoms with Crippen molar-refractivity contribution >= 4 is 29.9 Å². The van der Waals surface area contributed by atoms with Crippen LogP contribution in [0.15, 0.2) is 26.6 Å². The summed E-state index contributed by atoms with van der Waals surface area (Å²) in [6.07, 6.45) is 5.56. The number of halogens is 1. The highest BCUT2D eigenvalue weighted by Crippen LogP contribution is 2.09. The van der Waals surface area contributed by atoms with E-state index in [-0.39, 0.29) is 29.7 Å². The molecule has 4 rings (SSSR count). The summed E-state index contributed by atoms with van der Waals surface area (Å²) in [5.74, 6) is 1.86. The van der Waals surface area contributed by atoms with Gasteiger partial charge in [-0.25, -0.2) is 9.48 Å². The highest BCUT2D eigenvalue weighted by atomic mass is 127. The van der Waals surface area contributed by atoms with Crippen LogP contribution in [0.1, 0.15) is 30.8 Å². The van der Waals surface area contributed by atoms with Crippen molar-refractivity contribution in [1.82, 2.24) is 34.6 Å². The van der Waals surface area contributed by atoms with Gasteiger partial charge in [-0.2, -0.15) is 5.10 Å². The zero-order chi connectivity index (χ0) is 20.1. The molecule has 0 aliphatic carbocycles. The minimum absolute atomic E-state index is 0. The van der Waals surface area contributed by atoms with Gasteiger partial charge in [-0.3, -0.25) is 14.5 Å². The van der Waals surface area contributed by atoms with Crippen molar-refractivity contribution in [1.29, 1.82) is 0 Å². The number of fused-ring (bicyclic) bond motifs is 1. The fourth-order valence-corrected chi connectivity index (χ4v) is 4.02. The summed E-state index contributed by atoms with van der Waals surface area (Å²) in [5, 5.41) is 11.9. The van der Waals surface area contributed by atoms with E-state index in [9.17, 15) is 4.79 Å². The Morgan fingerprint density at radius 2 is 2.07 bits per heavy atom. The van der Waals surface area contributed by atoms with Gasteiger partial charge in [-0.15, -0.1) is 24.0 Å². The topological polar surface area (TPSA) is 96.7 Å². The number of piperazine rings is 1. The van der Waals surface area contributed by atoms with Gasteiger partial charge in [0, 0.05) is 71.9 Å². The van der Waals surface area contributed by atoms with Gasteiger partial charge in [-0.05, 0) is 19.3 Å². The van der Waals surface area contributed by atoms with Gasteiger partial charge in [0.2, 0.25) is 0 Å². The second kappa shape index (κ2) is 10.9. The van der Waals surface area contributed by atoms with Crippen LogP contribution in [0.25, 0.3) is 0 Å². The Morgan fingerprint density at radius 3 is 2.77 bits per heavy atom. The number of hydrogen-bond donors (Lipinski definition) is 1. The number of guanidine groups is 1. The predicted molar refractivity (Wildman–Crippen MR) is 124 cm³/mol. The van der Waals surface area contributed by atoms with Crippen molar-refractivity contribution in [2.45, 2.75) is 45.3 Å². The first-order valence-electron chi connectivity index (χ1n) is 10.5. The molecule has 10 nitrogen and oxygen atoms in total. The summed E-state index contributed by atoms with van der Waals surface area (Å²) >= 11 is 0. The third kappa shape index (κ3) is 5.42. The van der Waals surface area contributed by atoms with Crippen molar-refractivity contribution in [2.75, 3.05) is 39.8 Å². The van der Waals surface area contributed by atoms with Gasteiger partial charge in [-0.1, -0.05) is 5.16 Å². The molecule has 0 bridgehead atoms. The Bertz CT molecular complexity index is 868. The van der Waals surface area contributed by atoms with Crippen LogP contribution in [0.3, 0.4) is 0 Å². The maximum absolute atomic E-state index is 12.4. The minimum atomic E-state index is 0. The molecule has 166 valence electrons. The molecule has 2 aromatic rings.